The van der Waals surface area contributed by atoms with Crippen LogP contribution in [0.5, 0.6) is 0 Å². The highest BCUT2D eigenvalue weighted by molar-refractivity contribution is 5.95. The molecule has 174 valence electrons. The van der Waals surface area contributed by atoms with Crippen LogP contribution >= 0.6 is 0 Å². The van der Waals surface area contributed by atoms with Gasteiger partial charge in [0.05, 0.1) is 23.1 Å². The molecule has 0 bridgehead atoms. The molecule has 1 aliphatic rings. The number of hydrogen-bond donors (Lipinski definition) is 0. The van der Waals surface area contributed by atoms with E-state index in [1.807, 2.05) is 0 Å². The summed E-state index contributed by atoms with van der Waals surface area (Å²) in [5, 5.41) is 8.45. The summed E-state index contributed by atoms with van der Waals surface area (Å²) in [5.74, 6) is -5.11. The fraction of sp³-hybridized carbons (Fsp3) is 0.217. The molecule has 11 heteroatoms. The van der Waals surface area contributed by atoms with Gasteiger partial charge in [0.2, 0.25) is 0 Å². The van der Waals surface area contributed by atoms with E-state index in [1.165, 1.54) is 34.2 Å². The van der Waals surface area contributed by atoms with Gasteiger partial charge in [-0.05, 0) is 43.7 Å². The Hall–Kier alpha value is -4.02. The maximum atomic E-state index is 14.3. The number of hydrogen-bond acceptors (Lipinski definition) is 4. The van der Waals surface area contributed by atoms with Gasteiger partial charge in [-0.25, -0.2) is 27.2 Å². The number of carbonyl (C=O) groups excluding carboxylic acids is 1. The van der Waals surface area contributed by atoms with Crippen LogP contribution in [0.2, 0.25) is 0 Å². The number of aryl methyl sites for hydroxylation is 1. The molecule has 4 aromatic rings. The van der Waals surface area contributed by atoms with Crippen LogP contribution in [0.15, 0.2) is 43.0 Å². The van der Waals surface area contributed by atoms with Gasteiger partial charge in [0, 0.05) is 30.3 Å². The first-order chi connectivity index (χ1) is 16.2. The molecule has 0 unspecified atom stereocenters. The minimum atomic E-state index is -1.54. The fourth-order valence-electron chi connectivity index (χ4n) is 4.41. The molecule has 0 aliphatic carbocycles. The van der Waals surface area contributed by atoms with E-state index >= 15 is 0 Å². The molecule has 0 fully saturated rings. The van der Waals surface area contributed by atoms with Crippen LogP contribution in [0.4, 0.5) is 17.6 Å². The highest BCUT2D eigenvalue weighted by Gasteiger charge is 2.34. The van der Waals surface area contributed by atoms with Crippen molar-refractivity contribution in [3.63, 3.8) is 0 Å². The van der Waals surface area contributed by atoms with Gasteiger partial charge in [0.15, 0.2) is 17.5 Å². The third kappa shape index (κ3) is 3.53. The molecule has 0 saturated heterocycles. The number of amides is 1. The zero-order valence-corrected chi connectivity index (χ0v) is 18.1. The molecular weight excluding hydrogens is 452 g/mol. The maximum Gasteiger partial charge on any atom is 0.254 e. The van der Waals surface area contributed by atoms with Gasteiger partial charge in [-0.1, -0.05) is 0 Å². The topological polar surface area (TPSA) is 68.8 Å². The van der Waals surface area contributed by atoms with Crippen molar-refractivity contribution in [2.45, 2.75) is 19.4 Å². The molecule has 0 N–H and O–H groups in total. The number of benzene rings is 2. The van der Waals surface area contributed by atoms with Crippen LogP contribution in [0.3, 0.4) is 0 Å². The lowest BCUT2D eigenvalue weighted by molar-refractivity contribution is 0.0673. The zero-order chi connectivity index (χ0) is 24.1. The van der Waals surface area contributed by atoms with Crippen LogP contribution in [0, 0.1) is 23.3 Å². The van der Waals surface area contributed by atoms with Gasteiger partial charge in [0.1, 0.15) is 18.5 Å². The largest absolute Gasteiger partial charge is 0.330 e. The van der Waals surface area contributed by atoms with E-state index in [0.29, 0.717) is 29.1 Å². The molecular formula is C23H18F4N6O. The van der Waals surface area contributed by atoms with Crippen molar-refractivity contribution in [2.24, 2.45) is 7.05 Å². The molecule has 3 heterocycles. The standard InChI is InChI=1S/C23H18F4N6O/c1-12-21-17(22(31(2)30-21)13-7-18(25)20(27)19(26)8-13)3-4-32(12)23(34)14-5-15(24)9-16(6-14)33-11-28-10-29-33/h5-12H,3-4H2,1-2H3/t12-/m0/s1. The lowest BCUT2D eigenvalue weighted by Crippen LogP contribution is -2.39. The summed E-state index contributed by atoms with van der Waals surface area (Å²) in [4.78, 5) is 18.7. The Morgan fingerprint density at radius 2 is 1.79 bits per heavy atom. The molecule has 0 saturated carbocycles. The lowest BCUT2D eigenvalue weighted by atomic mass is 9.95. The van der Waals surface area contributed by atoms with Crippen LogP contribution in [0.1, 0.15) is 34.6 Å². The number of nitrogens with zero attached hydrogens (tertiary/aromatic N) is 6. The van der Waals surface area contributed by atoms with Gasteiger partial charge in [-0.2, -0.15) is 10.2 Å². The van der Waals surface area contributed by atoms with Gasteiger partial charge in [0.25, 0.3) is 5.91 Å². The molecule has 1 atom stereocenters. The predicted octanol–water partition coefficient (Wildman–Crippen LogP) is 3.98. The van der Waals surface area contributed by atoms with E-state index < -0.39 is 35.2 Å². The quantitative estimate of drug-likeness (QED) is 0.336. The molecule has 34 heavy (non-hydrogen) atoms. The van der Waals surface area contributed by atoms with Crippen molar-refractivity contribution in [1.29, 1.82) is 0 Å². The average molecular weight is 470 g/mol. The Balaban J connectivity index is 1.50. The molecule has 2 aromatic heterocycles. The smallest absolute Gasteiger partial charge is 0.254 e. The van der Waals surface area contributed by atoms with E-state index in [0.717, 1.165) is 18.2 Å². The summed E-state index contributed by atoms with van der Waals surface area (Å²) in [5.41, 5.74) is 2.36. The van der Waals surface area contributed by atoms with Crippen molar-refractivity contribution in [2.75, 3.05) is 6.54 Å². The van der Waals surface area contributed by atoms with Crippen molar-refractivity contribution >= 4 is 5.91 Å². The third-order valence-electron chi connectivity index (χ3n) is 5.97. The molecule has 0 radical (unpaired) electrons. The van der Waals surface area contributed by atoms with Crippen LogP contribution < -0.4 is 0 Å². The first-order valence-corrected chi connectivity index (χ1v) is 10.4. The van der Waals surface area contributed by atoms with Crippen LogP contribution in [0.25, 0.3) is 16.9 Å². The Bertz CT molecular complexity index is 1390. The molecule has 7 nitrogen and oxygen atoms in total. The zero-order valence-electron chi connectivity index (χ0n) is 18.1. The Labute approximate surface area is 191 Å². The third-order valence-corrected chi connectivity index (χ3v) is 5.97. The second-order valence-corrected chi connectivity index (χ2v) is 8.05. The first kappa shape index (κ1) is 21.8. The number of carbonyl (C=O) groups is 1. The molecule has 1 aliphatic heterocycles. The van der Waals surface area contributed by atoms with Crippen LogP contribution in [-0.2, 0) is 13.5 Å². The number of fused-ring (bicyclic) bond motifs is 1. The lowest BCUT2D eigenvalue weighted by Gasteiger charge is -2.33. The summed E-state index contributed by atoms with van der Waals surface area (Å²) < 4.78 is 58.3. The molecule has 1 amide bonds. The second-order valence-electron chi connectivity index (χ2n) is 8.05. The van der Waals surface area contributed by atoms with E-state index in [2.05, 4.69) is 15.2 Å². The minimum Gasteiger partial charge on any atom is -0.330 e. The molecule has 5 rings (SSSR count). The monoisotopic (exact) mass is 470 g/mol. The van der Waals surface area contributed by atoms with Gasteiger partial charge in [-0.15, -0.1) is 0 Å². The predicted molar refractivity (Wildman–Crippen MR) is 113 cm³/mol. The first-order valence-electron chi connectivity index (χ1n) is 10.4. The van der Waals surface area contributed by atoms with E-state index in [9.17, 15) is 22.4 Å². The maximum absolute atomic E-state index is 14.3. The second kappa shape index (κ2) is 8.08. The Morgan fingerprint density at radius 1 is 1.06 bits per heavy atom. The van der Waals surface area contributed by atoms with Gasteiger partial charge < -0.3 is 4.90 Å². The van der Waals surface area contributed by atoms with E-state index in [-0.39, 0.29) is 17.7 Å². The molecule has 2 aromatic carbocycles. The van der Waals surface area contributed by atoms with Crippen molar-refractivity contribution < 1.29 is 22.4 Å². The number of aromatic nitrogens is 5. The SMILES string of the molecule is C[C@H]1c2nn(C)c(-c3cc(F)c(F)c(F)c3)c2CCN1C(=O)c1cc(F)cc(-n2cncn2)c1. The summed E-state index contributed by atoms with van der Waals surface area (Å²) in [7, 11) is 1.61. The highest BCUT2D eigenvalue weighted by Crippen LogP contribution is 2.37. The minimum absolute atomic E-state index is 0.139. The number of halogens is 4. The van der Waals surface area contributed by atoms with Gasteiger partial charge in [-0.3, -0.25) is 9.48 Å². The average Bonchev–Trinajstić information content (AvgIpc) is 3.45. The van der Waals surface area contributed by atoms with Gasteiger partial charge >= 0.3 is 0 Å². The van der Waals surface area contributed by atoms with Crippen molar-refractivity contribution in [3.8, 4) is 16.9 Å². The van der Waals surface area contributed by atoms with E-state index in [1.54, 1.807) is 18.9 Å². The summed E-state index contributed by atoms with van der Waals surface area (Å²) >= 11 is 0. The normalized spacial score (nSPS) is 15.5. The summed E-state index contributed by atoms with van der Waals surface area (Å²) in [6, 6.07) is 5.28. The highest BCUT2D eigenvalue weighted by atomic mass is 19.2. The van der Waals surface area contributed by atoms with Crippen LogP contribution in [-0.4, -0.2) is 41.9 Å². The van der Waals surface area contributed by atoms with Crippen molar-refractivity contribution in [1.82, 2.24) is 29.4 Å². The Morgan fingerprint density at radius 3 is 2.47 bits per heavy atom. The summed E-state index contributed by atoms with van der Waals surface area (Å²) in [6.07, 6.45) is 3.05. The number of rotatable bonds is 3. The van der Waals surface area contributed by atoms with Crippen molar-refractivity contribution in [3.05, 3.63) is 83.1 Å². The molecule has 0 spiro atoms. The fourth-order valence-corrected chi connectivity index (χ4v) is 4.41. The summed E-state index contributed by atoms with van der Waals surface area (Å²) in [6.45, 7) is 2.04. The van der Waals surface area contributed by atoms with E-state index in [4.69, 9.17) is 0 Å². The Kier molecular flexibility index (Phi) is 5.18.